The van der Waals surface area contributed by atoms with Crippen molar-refractivity contribution >= 4 is 45.7 Å². The predicted octanol–water partition coefficient (Wildman–Crippen LogP) is 4.68. The maximum Gasteiger partial charge on any atom is 0.294 e. The number of hydrogen-bond acceptors (Lipinski definition) is 5. The van der Waals surface area contributed by atoms with Crippen LogP contribution in [0.25, 0.3) is 16.8 Å². The van der Waals surface area contributed by atoms with Gasteiger partial charge in [-0.25, -0.2) is 0 Å². The molecule has 0 unspecified atom stereocenters. The Morgan fingerprint density at radius 3 is 2.45 bits per heavy atom. The summed E-state index contributed by atoms with van der Waals surface area (Å²) >= 11 is 0.889. The highest BCUT2D eigenvalue weighted by Gasteiger charge is 2.37. The van der Waals surface area contributed by atoms with E-state index in [1.54, 1.807) is 11.0 Å². The van der Waals surface area contributed by atoms with Crippen molar-refractivity contribution in [1.29, 1.82) is 0 Å². The Kier molecular flexibility index (Phi) is 6.61. The van der Waals surface area contributed by atoms with Gasteiger partial charge in [-0.3, -0.25) is 19.3 Å². The fourth-order valence-corrected chi connectivity index (χ4v) is 4.86. The van der Waals surface area contributed by atoms with E-state index in [1.165, 1.54) is 0 Å². The van der Waals surface area contributed by atoms with Gasteiger partial charge in [0.1, 0.15) is 12.3 Å². The maximum atomic E-state index is 12.9. The third kappa shape index (κ3) is 4.61. The first-order valence-corrected chi connectivity index (χ1v) is 11.6. The van der Waals surface area contributed by atoms with Gasteiger partial charge in [0.25, 0.3) is 11.1 Å². The van der Waals surface area contributed by atoms with Crippen LogP contribution in [-0.4, -0.2) is 53.1 Å². The van der Waals surface area contributed by atoms with Gasteiger partial charge in [-0.05, 0) is 54.6 Å². The van der Waals surface area contributed by atoms with Gasteiger partial charge in [0.05, 0.1) is 11.5 Å². The van der Waals surface area contributed by atoms with Crippen LogP contribution in [-0.2, 0) is 9.59 Å². The zero-order valence-electron chi connectivity index (χ0n) is 17.6. The standard InChI is InChI=1S/C24H26N2O4S/c1-2-30-20-12-11-17(18-9-5-6-10-19(18)20)15-21-23(28)26(24(29)31-21)16-22(27)25-13-7-3-4-8-14-25/h5-6,9-12,15H,2-4,7-8,13-14,16H2,1H3. The number of rotatable bonds is 5. The summed E-state index contributed by atoms with van der Waals surface area (Å²) in [6, 6.07) is 11.6. The third-order valence-corrected chi connectivity index (χ3v) is 6.54. The fourth-order valence-electron chi connectivity index (χ4n) is 4.03. The Hall–Kier alpha value is -2.80. The lowest BCUT2D eigenvalue weighted by Gasteiger charge is -2.22. The van der Waals surface area contributed by atoms with E-state index in [1.807, 2.05) is 43.3 Å². The number of benzene rings is 2. The molecule has 2 aliphatic rings. The van der Waals surface area contributed by atoms with Crippen molar-refractivity contribution < 1.29 is 19.1 Å². The van der Waals surface area contributed by atoms with Gasteiger partial charge in [0.2, 0.25) is 5.91 Å². The van der Waals surface area contributed by atoms with Crippen LogP contribution < -0.4 is 4.74 Å². The summed E-state index contributed by atoms with van der Waals surface area (Å²) in [4.78, 5) is 41.3. The first-order chi connectivity index (χ1) is 15.1. The molecule has 162 valence electrons. The number of carbonyl (C=O) groups excluding carboxylic acids is 3. The van der Waals surface area contributed by atoms with Gasteiger partial charge in [-0.1, -0.05) is 43.2 Å². The molecule has 7 heteroatoms. The van der Waals surface area contributed by atoms with E-state index in [9.17, 15) is 14.4 Å². The maximum absolute atomic E-state index is 12.9. The number of carbonyl (C=O) groups is 3. The molecule has 6 nitrogen and oxygen atoms in total. The molecule has 3 amide bonds. The summed E-state index contributed by atoms with van der Waals surface area (Å²) in [7, 11) is 0. The van der Waals surface area contributed by atoms with Crippen molar-refractivity contribution in [3.63, 3.8) is 0 Å². The first kappa shape index (κ1) is 21.4. The lowest BCUT2D eigenvalue weighted by molar-refractivity contribution is -0.135. The summed E-state index contributed by atoms with van der Waals surface area (Å²) in [5.41, 5.74) is 0.836. The van der Waals surface area contributed by atoms with E-state index >= 15 is 0 Å². The topological polar surface area (TPSA) is 66.9 Å². The molecular weight excluding hydrogens is 412 g/mol. The van der Waals surface area contributed by atoms with Crippen LogP contribution in [0.3, 0.4) is 0 Å². The van der Waals surface area contributed by atoms with Crippen LogP contribution in [0.4, 0.5) is 4.79 Å². The van der Waals surface area contributed by atoms with Crippen LogP contribution in [0.1, 0.15) is 38.2 Å². The van der Waals surface area contributed by atoms with Crippen molar-refractivity contribution in [1.82, 2.24) is 9.80 Å². The van der Waals surface area contributed by atoms with Crippen LogP contribution in [0.15, 0.2) is 41.3 Å². The van der Waals surface area contributed by atoms with Crippen LogP contribution in [0.2, 0.25) is 0 Å². The second kappa shape index (κ2) is 9.56. The van der Waals surface area contributed by atoms with Gasteiger partial charge >= 0.3 is 0 Å². The van der Waals surface area contributed by atoms with E-state index in [4.69, 9.17) is 4.74 Å². The summed E-state index contributed by atoms with van der Waals surface area (Å²) in [6.45, 7) is 3.71. The molecule has 2 saturated heterocycles. The molecule has 0 aromatic heterocycles. The third-order valence-electron chi connectivity index (χ3n) is 5.63. The quantitative estimate of drug-likeness (QED) is 0.634. The Morgan fingerprint density at radius 2 is 1.74 bits per heavy atom. The average Bonchev–Trinajstić information content (AvgIpc) is 2.97. The summed E-state index contributed by atoms with van der Waals surface area (Å²) in [5, 5.41) is 1.50. The van der Waals surface area contributed by atoms with Crippen molar-refractivity contribution in [3.8, 4) is 5.75 Å². The van der Waals surface area contributed by atoms with Crippen molar-refractivity contribution in [2.45, 2.75) is 32.6 Å². The van der Waals surface area contributed by atoms with Gasteiger partial charge in [0.15, 0.2) is 0 Å². The van der Waals surface area contributed by atoms with Gasteiger partial charge < -0.3 is 9.64 Å². The molecule has 0 bridgehead atoms. The van der Waals surface area contributed by atoms with E-state index in [0.29, 0.717) is 24.6 Å². The molecule has 0 spiro atoms. The zero-order valence-corrected chi connectivity index (χ0v) is 18.5. The molecule has 2 fully saturated rings. The van der Waals surface area contributed by atoms with Crippen LogP contribution in [0, 0.1) is 0 Å². The molecule has 0 radical (unpaired) electrons. The highest BCUT2D eigenvalue weighted by molar-refractivity contribution is 8.18. The molecule has 0 N–H and O–H groups in total. The monoisotopic (exact) mass is 438 g/mol. The molecular formula is C24H26N2O4S. The van der Waals surface area contributed by atoms with Gasteiger partial charge in [0, 0.05) is 18.5 Å². The molecule has 0 atom stereocenters. The highest BCUT2D eigenvalue weighted by atomic mass is 32.2. The molecule has 2 aromatic carbocycles. The second-order valence-corrected chi connectivity index (χ2v) is 8.69. The number of amides is 3. The highest BCUT2D eigenvalue weighted by Crippen LogP contribution is 2.35. The number of ether oxygens (including phenoxy) is 1. The molecule has 2 heterocycles. The molecule has 2 aliphatic heterocycles. The lowest BCUT2D eigenvalue weighted by atomic mass is 10.0. The number of hydrogen-bond donors (Lipinski definition) is 0. The van der Waals surface area contributed by atoms with E-state index in [-0.39, 0.29) is 12.5 Å². The molecule has 31 heavy (non-hydrogen) atoms. The van der Waals surface area contributed by atoms with Crippen molar-refractivity contribution in [2.24, 2.45) is 0 Å². The SMILES string of the molecule is CCOc1ccc(C=C2SC(=O)N(CC(=O)N3CCCCCC3)C2=O)c2ccccc12. The normalized spacial score (nSPS) is 18.7. The summed E-state index contributed by atoms with van der Waals surface area (Å²) < 4.78 is 5.71. The molecule has 0 saturated carbocycles. The fraction of sp³-hybridized carbons (Fsp3) is 0.375. The van der Waals surface area contributed by atoms with E-state index in [2.05, 4.69) is 0 Å². The predicted molar refractivity (Wildman–Crippen MR) is 123 cm³/mol. The Balaban J connectivity index is 1.56. The minimum atomic E-state index is -0.406. The number of imide groups is 1. The zero-order chi connectivity index (χ0) is 21.8. The summed E-state index contributed by atoms with van der Waals surface area (Å²) in [5.74, 6) is 0.222. The van der Waals surface area contributed by atoms with Crippen molar-refractivity contribution in [2.75, 3.05) is 26.2 Å². The molecule has 2 aromatic rings. The van der Waals surface area contributed by atoms with Gasteiger partial charge in [-0.15, -0.1) is 0 Å². The molecule has 0 aliphatic carbocycles. The summed E-state index contributed by atoms with van der Waals surface area (Å²) in [6.07, 6.45) is 5.91. The minimum Gasteiger partial charge on any atom is -0.493 e. The number of likely N-dealkylation sites (tertiary alicyclic amines) is 1. The largest absolute Gasteiger partial charge is 0.493 e. The Bertz CT molecular complexity index is 1040. The Labute approximate surface area is 186 Å². The van der Waals surface area contributed by atoms with Crippen LogP contribution >= 0.6 is 11.8 Å². The van der Waals surface area contributed by atoms with Crippen LogP contribution in [0.5, 0.6) is 5.75 Å². The molecule has 4 rings (SSSR count). The van der Waals surface area contributed by atoms with E-state index in [0.717, 1.165) is 64.4 Å². The minimum absolute atomic E-state index is 0.156. The van der Waals surface area contributed by atoms with E-state index < -0.39 is 11.1 Å². The first-order valence-electron chi connectivity index (χ1n) is 10.8. The number of nitrogens with zero attached hydrogens (tertiary/aromatic N) is 2. The Morgan fingerprint density at radius 1 is 1.03 bits per heavy atom. The lowest BCUT2D eigenvalue weighted by Crippen LogP contribution is -2.42. The average molecular weight is 439 g/mol. The van der Waals surface area contributed by atoms with Gasteiger partial charge in [-0.2, -0.15) is 0 Å². The smallest absolute Gasteiger partial charge is 0.294 e. The van der Waals surface area contributed by atoms with Crippen molar-refractivity contribution in [3.05, 3.63) is 46.9 Å². The second-order valence-electron chi connectivity index (χ2n) is 7.69. The number of fused-ring (bicyclic) bond motifs is 1. The number of thioether (sulfide) groups is 1.